The second-order valence-corrected chi connectivity index (χ2v) is 7.47. The number of aliphatic hydroxyl groups excluding tert-OH is 1. The molecule has 0 radical (unpaired) electrons. The summed E-state index contributed by atoms with van der Waals surface area (Å²) in [4.78, 5) is 14.6. The summed E-state index contributed by atoms with van der Waals surface area (Å²) in [7, 11) is 0. The Kier molecular flexibility index (Phi) is 5.94. The maximum absolute atomic E-state index is 14.3. The average Bonchev–Trinajstić information content (AvgIpc) is 3.37. The van der Waals surface area contributed by atoms with Crippen LogP contribution in [0.2, 0.25) is 0 Å². The molecule has 9 heteroatoms. The number of aliphatic hydroxyl groups is 1. The molecule has 2 aliphatic heterocycles. The van der Waals surface area contributed by atoms with E-state index in [0.29, 0.717) is 24.2 Å². The third-order valence-corrected chi connectivity index (χ3v) is 5.54. The van der Waals surface area contributed by atoms with E-state index in [-0.39, 0.29) is 30.2 Å². The highest BCUT2D eigenvalue weighted by atomic mass is 19.3. The minimum Gasteiger partial charge on any atom is -0.435 e. The number of nitrogens with zero attached hydrogens (tertiary/aromatic N) is 1. The molecule has 0 saturated carbocycles. The fourth-order valence-electron chi connectivity index (χ4n) is 4.13. The third-order valence-electron chi connectivity index (χ3n) is 5.54. The summed E-state index contributed by atoms with van der Waals surface area (Å²) < 4.78 is 45.0. The van der Waals surface area contributed by atoms with Gasteiger partial charge in [-0.3, -0.25) is 15.6 Å². The highest BCUT2D eigenvalue weighted by Crippen LogP contribution is 2.36. The third kappa shape index (κ3) is 4.14. The first-order valence-electron chi connectivity index (χ1n) is 9.72. The van der Waals surface area contributed by atoms with Gasteiger partial charge in [0.1, 0.15) is 11.6 Å². The number of β-amino-alcohol motifs (C(OH)–C–C–N with tert-alkyl or cyclic N) is 1. The van der Waals surface area contributed by atoms with E-state index >= 15 is 0 Å². The first-order chi connectivity index (χ1) is 14.4. The van der Waals surface area contributed by atoms with Gasteiger partial charge in [-0.2, -0.15) is 8.78 Å². The number of carbonyl (C=O) groups is 1. The zero-order valence-corrected chi connectivity index (χ0v) is 16.0. The molecular formula is C21H22F3N3O3. The second kappa shape index (κ2) is 8.63. The van der Waals surface area contributed by atoms with Crippen molar-refractivity contribution in [3.8, 4) is 5.75 Å². The van der Waals surface area contributed by atoms with E-state index in [1.165, 1.54) is 17.0 Å². The molecule has 0 aromatic heterocycles. The molecule has 1 amide bonds. The van der Waals surface area contributed by atoms with Gasteiger partial charge in [0, 0.05) is 42.2 Å². The lowest BCUT2D eigenvalue weighted by Gasteiger charge is -2.26. The maximum Gasteiger partial charge on any atom is 0.387 e. The summed E-state index contributed by atoms with van der Waals surface area (Å²) in [6, 6.07) is 9.91. The standard InChI is InChI=1S/C21H22F3N3O3/c22-17-4-2-1-3-16(17)18-8-14(28)11-27(18)20(29)12-5-6-15(13-9-25-26-10-13)19(7-12)30-21(23)24/h1-7,13-14,18,21,25-26,28H,8-11H2/t14-,18+/m0/s1. The Labute approximate surface area is 171 Å². The molecule has 30 heavy (non-hydrogen) atoms. The van der Waals surface area contributed by atoms with Crippen molar-refractivity contribution in [2.24, 2.45) is 0 Å². The van der Waals surface area contributed by atoms with Crippen LogP contribution in [-0.2, 0) is 0 Å². The SMILES string of the molecule is O=C(c1ccc(C2CNNC2)c(OC(F)F)c1)N1C[C@@H](O)C[C@@H]1c1ccccc1F. The Morgan fingerprint density at radius 3 is 2.57 bits per heavy atom. The van der Waals surface area contributed by atoms with Gasteiger partial charge in [-0.1, -0.05) is 24.3 Å². The Bertz CT molecular complexity index is 921. The molecule has 160 valence electrons. The van der Waals surface area contributed by atoms with E-state index in [2.05, 4.69) is 10.9 Å². The summed E-state index contributed by atoms with van der Waals surface area (Å²) in [6.45, 7) is -1.92. The maximum atomic E-state index is 14.3. The van der Waals surface area contributed by atoms with Crippen molar-refractivity contribution in [1.29, 1.82) is 0 Å². The number of ether oxygens (including phenoxy) is 1. The second-order valence-electron chi connectivity index (χ2n) is 7.47. The summed E-state index contributed by atoms with van der Waals surface area (Å²) in [5, 5.41) is 10.1. The number of halogens is 3. The molecule has 2 aliphatic rings. The van der Waals surface area contributed by atoms with E-state index < -0.39 is 30.5 Å². The fraction of sp³-hybridized carbons (Fsp3) is 0.381. The molecule has 2 atom stereocenters. The lowest BCUT2D eigenvalue weighted by molar-refractivity contribution is -0.0506. The van der Waals surface area contributed by atoms with Crippen molar-refractivity contribution in [3.05, 3.63) is 65.0 Å². The summed E-state index contributed by atoms with van der Waals surface area (Å²) in [5.41, 5.74) is 6.89. The van der Waals surface area contributed by atoms with Gasteiger partial charge >= 0.3 is 6.61 Å². The van der Waals surface area contributed by atoms with Gasteiger partial charge in [0.25, 0.3) is 5.91 Å². The smallest absolute Gasteiger partial charge is 0.387 e. The predicted octanol–water partition coefficient (Wildman–Crippen LogP) is 2.57. The number of amides is 1. The van der Waals surface area contributed by atoms with Crippen LogP contribution >= 0.6 is 0 Å². The van der Waals surface area contributed by atoms with Gasteiger partial charge in [0.05, 0.1) is 12.1 Å². The van der Waals surface area contributed by atoms with Crippen LogP contribution in [0.4, 0.5) is 13.2 Å². The minimum atomic E-state index is -3.03. The van der Waals surface area contributed by atoms with Gasteiger partial charge < -0.3 is 14.7 Å². The summed E-state index contributed by atoms with van der Waals surface area (Å²) >= 11 is 0. The number of hydrogen-bond acceptors (Lipinski definition) is 5. The molecule has 3 N–H and O–H groups in total. The van der Waals surface area contributed by atoms with Crippen LogP contribution in [0.15, 0.2) is 42.5 Å². The molecular weight excluding hydrogens is 399 g/mol. The Morgan fingerprint density at radius 2 is 1.87 bits per heavy atom. The summed E-state index contributed by atoms with van der Waals surface area (Å²) in [6.07, 6.45) is -0.602. The number of hydrazine groups is 1. The molecule has 0 aliphatic carbocycles. The molecule has 0 spiro atoms. The number of carbonyl (C=O) groups excluding carboxylic acids is 1. The molecule has 0 unspecified atom stereocenters. The van der Waals surface area contributed by atoms with Gasteiger partial charge in [0.15, 0.2) is 0 Å². The van der Waals surface area contributed by atoms with Crippen LogP contribution in [0.25, 0.3) is 0 Å². The van der Waals surface area contributed by atoms with E-state index in [1.54, 1.807) is 30.3 Å². The highest BCUT2D eigenvalue weighted by Gasteiger charge is 2.37. The molecule has 2 fully saturated rings. The van der Waals surface area contributed by atoms with Gasteiger partial charge in [-0.05, 0) is 24.6 Å². The molecule has 0 bridgehead atoms. The topological polar surface area (TPSA) is 73.8 Å². The Balaban J connectivity index is 1.65. The van der Waals surface area contributed by atoms with Crippen molar-refractivity contribution in [3.63, 3.8) is 0 Å². The average molecular weight is 421 g/mol. The largest absolute Gasteiger partial charge is 0.435 e. The number of alkyl halides is 2. The van der Waals surface area contributed by atoms with E-state index in [0.717, 1.165) is 0 Å². The lowest BCUT2D eigenvalue weighted by atomic mass is 9.97. The van der Waals surface area contributed by atoms with Crippen molar-refractivity contribution in [1.82, 2.24) is 15.8 Å². The van der Waals surface area contributed by atoms with Crippen LogP contribution in [0.3, 0.4) is 0 Å². The fourth-order valence-corrected chi connectivity index (χ4v) is 4.13. The quantitative estimate of drug-likeness (QED) is 0.692. The zero-order chi connectivity index (χ0) is 21.3. The van der Waals surface area contributed by atoms with Crippen molar-refractivity contribution < 1.29 is 27.8 Å². The molecule has 2 saturated heterocycles. The van der Waals surface area contributed by atoms with Crippen molar-refractivity contribution >= 4 is 5.91 Å². The Hall–Kier alpha value is -2.62. The number of rotatable bonds is 5. The first-order valence-corrected chi connectivity index (χ1v) is 9.72. The Morgan fingerprint density at radius 1 is 1.13 bits per heavy atom. The van der Waals surface area contributed by atoms with Gasteiger partial charge in [-0.25, -0.2) is 4.39 Å². The van der Waals surface area contributed by atoms with Crippen LogP contribution in [0.1, 0.15) is 39.9 Å². The summed E-state index contributed by atoms with van der Waals surface area (Å²) in [5.74, 6) is -1.09. The van der Waals surface area contributed by atoms with Gasteiger partial charge in [0.2, 0.25) is 0 Å². The molecule has 4 rings (SSSR count). The lowest BCUT2D eigenvalue weighted by Crippen LogP contribution is -2.32. The zero-order valence-electron chi connectivity index (χ0n) is 16.0. The van der Waals surface area contributed by atoms with Crippen LogP contribution < -0.4 is 15.6 Å². The van der Waals surface area contributed by atoms with E-state index in [9.17, 15) is 23.1 Å². The van der Waals surface area contributed by atoms with E-state index in [4.69, 9.17) is 4.74 Å². The molecule has 2 aromatic carbocycles. The normalized spacial score (nSPS) is 22.1. The number of likely N-dealkylation sites (tertiary alicyclic amines) is 1. The number of nitrogens with one attached hydrogen (secondary N) is 2. The number of benzene rings is 2. The first kappa shape index (κ1) is 20.6. The van der Waals surface area contributed by atoms with Crippen molar-refractivity contribution in [2.75, 3.05) is 19.6 Å². The van der Waals surface area contributed by atoms with Crippen LogP contribution in [-0.4, -0.2) is 48.3 Å². The number of hydrogen-bond donors (Lipinski definition) is 3. The molecule has 2 aromatic rings. The highest BCUT2D eigenvalue weighted by molar-refractivity contribution is 5.95. The molecule has 6 nitrogen and oxygen atoms in total. The van der Waals surface area contributed by atoms with Crippen LogP contribution in [0.5, 0.6) is 5.75 Å². The van der Waals surface area contributed by atoms with E-state index in [1.807, 2.05) is 0 Å². The monoisotopic (exact) mass is 421 g/mol. The van der Waals surface area contributed by atoms with Gasteiger partial charge in [-0.15, -0.1) is 0 Å². The molecule has 2 heterocycles. The minimum absolute atomic E-state index is 0.0289. The van der Waals surface area contributed by atoms with Crippen LogP contribution in [0, 0.1) is 5.82 Å². The predicted molar refractivity (Wildman–Crippen MR) is 103 cm³/mol. The van der Waals surface area contributed by atoms with Crippen molar-refractivity contribution in [2.45, 2.75) is 31.1 Å².